The lowest BCUT2D eigenvalue weighted by Gasteiger charge is -2.39. The number of amides is 1. The minimum absolute atomic E-state index is 0.247. The highest BCUT2D eigenvalue weighted by Gasteiger charge is 2.27. The molecule has 0 unspecified atom stereocenters. The fraction of sp³-hybridized carbons (Fsp3) is 0.423. The summed E-state index contributed by atoms with van der Waals surface area (Å²) in [6.07, 6.45) is 1.79. The second kappa shape index (κ2) is 9.85. The molecular formula is C26H33N7O. The molecule has 2 aliphatic rings. The summed E-state index contributed by atoms with van der Waals surface area (Å²) in [5, 5.41) is 4.75. The van der Waals surface area contributed by atoms with Crippen molar-refractivity contribution in [2.24, 2.45) is 0 Å². The van der Waals surface area contributed by atoms with Crippen molar-refractivity contribution in [3.63, 3.8) is 0 Å². The summed E-state index contributed by atoms with van der Waals surface area (Å²) in [4.78, 5) is 26.5. The van der Waals surface area contributed by atoms with Crippen LogP contribution in [0.1, 0.15) is 11.4 Å². The molecule has 0 N–H and O–H groups in total. The lowest BCUT2D eigenvalue weighted by Crippen LogP contribution is -2.54. The molecule has 2 fully saturated rings. The number of hydrogen-bond donors (Lipinski definition) is 0. The van der Waals surface area contributed by atoms with Crippen LogP contribution in [0, 0.1) is 13.8 Å². The number of piperazine rings is 2. The number of hydrogen-bond acceptors (Lipinski definition) is 6. The Hall–Kier alpha value is -3.39. The van der Waals surface area contributed by atoms with Crippen molar-refractivity contribution < 1.29 is 4.79 Å². The maximum Gasteiger partial charge on any atom is 0.236 e. The second-order valence-electron chi connectivity index (χ2n) is 9.09. The third-order valence-corrected chi connectivity index (χ3v) is 6.92. The van der Waals surface area contributed by atoms with Crippen molar-refractivity contribution in [3.8, 4) is 5.82 Å². The Morgan fingerprint density at radius 3 is 2.18 bits per heavy atom. The number of anilines is 2. The van der Waals surface area contributed by atoms with Crippen molar-refractivity contribution in [2.75, 3.05) is 68.7 Å². The van der Waals surface area contributed by atoms with Crippen LogP contribution >= 0.6 is 0 Å². The van der Waals surface area contributed by atoms with E-state index in [1.165, 1.54) is 11.4 Å². The van der Waals surface area contributed by atoms with Crippen LogP contribution < -0.4 is 9.80 Å². The first-order valence-electron chi connectivity index (χ1n) is 12.1. The number of aryl methyl sites for hydroxylation is 1. The maximum absolute atomic E-state index is 13.0. The van der Waals surface area contributed by atoms with Crippen molar-refractivity contribution in [3.05, 3.63) is 66.1 Å². The van der Waals surface area contributed by atoms with Crippen LogP contribution in [0.15, 0.2) is 54.7 Å². The fourth-order valence-electron chi connectivity index (χ4n) is 5.07. The van der Waals surface area contributed by atoms with Crippen LogP contribution in [0.25, 0.3) is 5.82 Å². The number of carbonyl (C=O) groups is 1. The fourth-order valence-corrected chi connectivity index (χ4v) is 5.07. The average molecular weight is 460 g/mol. The van der Waals surface area contributed by atoms with Gasteiger partial charge >= 0.3 is 0 Å². The van der Waals surface area contributed by atoms with Crippen LogP contribution in [0.3, 0.4) is 0 Å². The molecular weight excluding hydrogens is 426 g/mol. The second-order valence-corrected chi connectivity index (χ2v) is 9.09. The highest BCUT2D eigenvalue weighted by molar-refractivity contribution is 5.78. The van der Waals surface area contributed by atoms with Crippen molar-refractivity contribution >= 4 is 17.3 Å². The standard InChI is InChI=1S/C26H33N7O/c1-21-26(22(2)33(28-21)24-10-6-7-11-27-24)32-14-12-29(13-15-32)20-25(34)31-18-16-30(17-19-31)23-8-4-3-5-9-23/h3-11H,12-20H2,1-2H3. The summed E-state index contributed by atoms with van der Waals surface area (Å²) in [6, 6.07) is 16.3. The lowest BCUT2D eigenvalue weighted by molar-refractivity contribution is -0.132. The van der Waals surface area contributed by atoms with Gasteiger partial charge in [0.25, 0.3) is 0 Å². The SMILES string of the molecule is Cc1nn(-c2ccccn2)c(C)c1N1CCN(CC(=O)N2CCN(c3ccccc3)CC2)CC1. The van der Waals surface area contributed by atoms with Gasteiger partial charge in [-0.15, -0.1) is 0 Å². The Labute approximate surface area is 201 Å². The van der Waals surface area contributed by atoms with Gasteiger partial charge in [-0.2, -0.15) is 5.10 Å². The number of para-hydroxylation sites is 1. The number of rotatable bonds is 5. The molecule has 4 heterocycles. The Balaban J connectivity index is 1.14. The number of pyridine rings is 1. The molecule has 0 bridgehead atoms. The van der Waals surface area contributed by atoms with Crippen LogP contribution in [-0.2, 0) is 4.79 Å². The van der Waals surface area contributed by atoms with Gasteiger partial charge in [0, 0.05) is 64.2 Å². The Morgan fingerprint density at radius 1 is 0.824 bits per heavy atom. The van der Waals surface area contributed by atoms with E-state index in [4.69, 9.17) is 5.10 Å². The number of carbonyl (C=O) groups excluding carboxylic acids is 1. The summed E-state index contributed by atoms with van der Waals surface area (Å²) in [6.45, 7) is 11.6. The van der Waals surface area contributed by atoms with E-state index in [0.29, 0.717) is 6.54 Å². The van der Waals surface area contributed by atoms with Gasteiger partial charge in [-0.25, -0.2) is 9.67 Å². The summed E-state index contributed by atoms with van der Waals surface area (Å²) in [5.41, 5.74) is 4.55. The zero-order valence-electron chi connectivity index (χ0n) is 20.1. The molecule has 5 rings (SSSR count). The number of aromatic nitrogens is 3. The van der Waals surface area contributed by atoms with E-state index in [9.17, 15) is 4.79 Å². The molecule has 8 nitrogen and oxygen atoms in total. The normalized spacial score (nSPS) is 17.3. The highest BCUT2D eigenvalue weighted by atomic mass is 16.2. The van der Waals surface area contributed by atoms with E-state index in [0.717, 1.165) is 69.6 Å². The Kier molecular flexibility index (Phi) is 6.49. The van der Waals surface area contributed by atoms with Crippen LogP contribution in [0.5, 0.6) is 0 Å². The predicted molar refractivity (Wildman–Crippen MR) is 135 cm³/mol. The summed E-state index contributed by atoms with van der Waals surface area (Å²) < 4.78 is 1.93. The van der Waals surface area contributed by atoms with Crippen molar-refractivity contribution in [2.45, 2.75) is 13.8 Å². The first-order chi connectivity index (χ1) is 16.6. The van der Waals surface area contributed by atoms with Gasteiger partial charge < -0.3 is 14.7 Å². The average Bonchev–Trinajstić information content (AvgIpc) is 3.19. The highest BCUT2D eigenvalue weighted by Crippen LogP contribution is 2.27. The van der Waals surface area contributed by atoms with Crippen LogP contribution in [-0.4, -0.2) is 89.4 Å². The van der Waals surface area contributed by atoms with Gasteiger partial charge in [0.1, 0.15) is 0 Å². The van der Waals surface area contributed by atoms with E-state index >= 15 is 0 Å². The Morgan fingerprint density at radius 2 is 1.50 bits per heavy atom. The van der Waals surface area contributed by atoms with E-state index < -0.39 is 0 Å². The molecule has 0 aliphatic carbocycles. The third-order valence-electron chi connectivity index (χ3n) is 6.92. The molecule has 34 heavy (non-hydrogen) atoms. The molecule has 2 aromatic heterocycles. The topological polar surface area (TPSA) is 60.7 Å². The van der Waals surface area contributed by atoms with Crippen LogP contribution in [0.4, 0.5) is 11.4 Å². The molecule has 0 atom stereocenters. The molecule has 0 radical (unpaired) electrons. The first-order valence-corrected chi connectivity index (χ1v) is 12.1. The van der Waals surface area contributed by atoms with E-state index in [2.05, 4.69) is 57.8 Å². The van der Waals surface area contributed by atoms with Gasteiger partial charge in [0.15, 0.2) is 5.82 Å². The molecule has 178 valence electrons. The van der Waals surface area contributed by atoms with Gasteiger partial charge in [-0.05, 0) is 38.1 Å². The molecule has 8 heteroatoms. The summed E-state index contributed by atoms with van der Waals surface area (Å²) in [7, 11) is 0. The van der Waals surface area contributed by atoms with Gasteiger partial charge in [0.05, 0.1) is 23.6 Å². The van der Waals surface area contributed by atoms with E-state index in [-0.39, 0.29) is 5.91 Å². The number of nitrogens with zero attached hydrogens (tertiary/aromatic N) is 7. The minimum Gasteiger partial charge on any atom is -0.368 e. The smallest absolute Gasteiger partial charge is 0.236 e. The first kappa shape index (κ1) is 22.4. The monoisotopic (exact) mass is 459 g/mol. The summed E-state index contributed by atoms with van der Waals surface area (Å²) in [5.74, 6) is 1.09. The largest absolute Gasteiger partial charge is 0.368 e. The Bertz CT molecular complexity index is 1100. The summed E-state index contributed by atoms with van der Waals surface area (Å²) >= 11 is 0. The lowest BCUT2D eigenvalue weighted by atomic mass is 10.2. The molecule has 2 saturated heterocycles. The quantitative estimate of drug-likeness (QED) is 0.584. The molecule has 0 spiro atoms. The molecule has 3 aromatic rings. The van der Waals surface area contributed by atoms with E-state index in [1.54, 1.807) is 6.20 Å². The zero-order chi connectivity index (χ0) is 23.5. The zero-order valence-corrected chi connectivity index (χ0v) is 20.1. The van der Waals surface area contributed by atoms with Gasteiger partial charge in [-0.3, -0.25) is 9.69 Å². The molecule has 2 aliphatic heterocycles. The molecule has 1 aromatic carbocycles. The van der Waals surface area contributed by atoms with E-state index in [1.807, 2.05) is 33.8 Å². The van der Waals surface area contributed by atoms with Crippen LogP contribution in [0.2, 0.25) is 0 Å². The molecule has 1 amide bonds. The number of benzene rings is 1. The van der Waals surface area contributed by atoms with Crippen molar-refractivity contribution in [1.29, 1.82) is 0 Å². The molecule has 0 saturated carbocycles. The third kappa shape index (κ3) is 4.63. The van der Waals surface area contributed by atoms with Crippen molar-refractivity contribution in [1.82, 2.24) is 24.6 Å². The van der Waals surface area contributed by atoms with Gasteiger partial charge in [-0.1, -0.05) is 24.3 Å². The van der Waals surface area contributed by atoms with Gasteiger partial charge in [0.2, 0.25) is 5.91 Å². The maximum atomic E-state index is 13.0. The predicted octanol–water partition coefficient (Wildman–Crippen LogP) is 2.35. The minimum atomic E-state index is 0.247.